The van der Waals surface area contributed by atoms with E-state index in [4.69, 9.17) is 11.1 Å². The molecule has 0 saturated heterocycles. The molecule has 1 heterocycles. The van der Waals surface area contributed by atoms with Crippen molar-refractivity contribution >= 4 is 41.7 Å². The SMILES string of the molecule is Cl.Cl.N=C(N)SCc1cccnc1. The lowest BCUT2D eigenvalue weighted by Crippen LogP contribution is -2.03. The molecule has 0 aliphatic carbocycles. The summed E-state index contributed by atoms with van der Waals surface area (Å²) in [5, 5.41) is 7.11. The lowest BCUT2D eigenvalue weighted by Gasteiger charge is -1.96. The molecule has 0 amide bonds. The summed E-state index contributed by atoms with van der Waals surface area (Å²) < 4.78 is 0. The monoisotopic (exact) mass is 239 g/mol. The van der Waals surface area contributed by atoms with E-state index in [9.17, 15) is 0 Å². The van der Waals surface area contributed by atoms with Crippen molar-refractivity contribution in [1.82, 2.24) is 4.98 Å². The second kappa shape index (κ2) is 8.16. The summed E-state index contributed by atoms with van der Waals surface area (Å²) >= 11 is 1.31. The van der Waals surface area contributed by atoms with E-state index in [0.717, 1.165) is 11.3 Å². The molecule has 0 aliphatic heterocycles. The highest BCUT2D eigenvalue weighted by Gasteiger charge is 1.93. The van der Waals surface area contributed by atoms with Crippen molar-refractivity contribution in [2.24, 2.45) is 5.73 Å². The van der Waals surface area contributed by atoms with Crippen molar-refractivity contribution < 1.29 is 0 Å². The molecule has 0 fully saturated rings. The summed E-state index contributed by atoms with van der Waals surface area (Å²) in [7, 11) is 0. The fourth-order valence-corrected chi connectivity index (χ4v) is 1.14. The van der Waals surface area contributed by atoms with Gasteiger partial charge in [0.25, 0.3) is 0 Å². The average molecular weight is 240 g/mol. The minimum Gasteiger partial charge on any atom is -0.379 e. The van der Waals surface area contributed by atoms with Crippen LogP contribution in [0, 0.1) is 5.41 Å². The normalized spacial score (nSPS) is 8.00. The van der Waals surface area contributed by atoms with E-state index in [1.165, 1.54) is 11.8 Å². The van der Waals surface area contributed by atoms with Crippen LogP contribution in [-0.2, 0) is 5.75 Å². The number of nitrogens with one attached hydrogen (secondary N) is 1. The molecule has 13 heavy (non-hydrogen) atoms. The van der Waals surface area contributed by atoms with Crippen molar-refractivity contribution in [2.45, 2.75) is 5.75 Å². The number of aromatic nitrogens is 1. The molecule has 6 heteroatoms. The van der Waals surface area contributed by atoms with Crippen molar-refractivity contribution in [3.8, 4) is 0 Å². The van der Waals surface area contributed by atoms with Crippen molar-refractivity contribution in [2.75, 3.05) is 0 Å². The molecule has 74 valence electrons. The largest absolute Gasteiger partial charge is 0.379 e. The van der Waals surface area contributed by atoms with Crippen LogP contribution in [-0.4, -0.2) is 10.2 Å². The van der Waals surface area contributed by atoms with Gasteiger partial charge in [0.05, 0.1) is 0 Å². The first-order chi connectivity index (χ1) is 5.29. The lowest BCUT2D eigenvalue weighted by molar-refractivity contribution is 1.25. The number of hydrogen-bond acceptors (Lipinski definition) is 3. The number of rotatable bonds is 2. The standard InChI is InChI=1S/C7H9N3S.2ClH/c8-7(9)11-5-6-2-1-3-10-4-6;;/h1-4H,5H2,(H3,8,9);2*1H. The highest BCUT2D eigenvalue weighted by Crippen LogP contribution is 2.08. The van der Waals surface area contributed by atoms with Gasteiger partial charge in [0.15, 0.2) is 5.17 Å². The van der Waals surface area contributed by atoms with E-state index in [1.54, 1.807) is 12.4 Å². The summed E-state index contributed by atoms with van der Waals surface area (Å²) in [5.74, 6) is 0.725. The third-order valence-corrected chi connectivity index (χ3v) is 1.91. The molecular formula is C7H11Cl2N3S. The molecule has 3 nitrogen and oxygen atoms in total. The van der Waals surface area contributed by atoms with Crippen molar-refractivity contribution in [3.63, 3.8) is 0 Å². The summed E-state index contributed by atoms with van der Waals surface area (Å²) in [5.41, 5.74) is 6.26. The molecule has 1 aromatic heterocycles. The number of nitrogens with zero attached hydrogens (tertiary/aromatic N) is 1. The van der Waals surface area contributed by atoms with E-state index in [2.05, 4.69) is 4.98 Å². The third-order valence-electron chi connectivity index (χ3n) is 1.12. The van der Waals surface area contributed by atoms with Gasteiger partial charge in [0.2, 0.25) is 0 Å². The predicted molar refractivity (Wildman–Crippen MR) is 61.9 cm³/mol. The number of halogens is 2. The fraction of sp³-hybridized carbons (Fsp3) is 0.143. The molecule has 0 radical (unpaired) electrons. The van der Waals surface area contributed by atoms with Crippen molar-refractivity contribution in [3.05, 3.63) is 30.1 Å². The summed E-state index contributed by atoms with van der Waals surface area (Å²) in [6, 6.07) is 3.83. The molecule has 0 aliphatic rings. The second-order valence-corrected chi connectivity index (χ2v) is 3.03. The van der Waals surface area contributed by atoms with Gasteiger partial charge in [-0.1, -0.05) is 17.8 Å². The van der Waals surface area contributed by atoms with Crippen LogP contribution < -0.4 is 5.73 Å². The van der Waals surface area contributed by atoms with Crippen LogP contribution in [0.4, 0.5) is 0 Å². The molecule has 1 rings (SSSR count). The minimum absolute atomic E-state index is 0. The Balaban J connectivity index is 0. The zero-order valence-electron chi connectivity index (χ0n) is 6.77. The van der Waals surface area contributed by atoms with Gasteiger partial charge in [0, 0.05) is 18.1 Å². The number of nitrogens with two attached hydrogens (primary N) is 1. The highest BCUT2D eigenvalue weighted by molar-refractivity contribution is 8.13. The van der Waals surface area contributed by atoms with Gasteiger partial charge in [-0.3, -0.25) is 10.4 Å². The maximum Gasteiger partial charge on any atom is 0.151 e. The Labute approximate surface area is 93.8 Å². The Hall–Kier alpha value is -0.450. The van der Waals surface area contributed by atoms with Crippen LogP contribution in [0.2, 0.25) is 0 Å². The van der Waals surface area contributed by atoms with Crippen LogP contribution in [0.1, 0.15) is 5.56 Å². The molecule has 0 atom stereocenters. The molecule has 1 aromatic rings. The third kappa shape index (κ3) is 6.69. The van der Waals surface area contributed by atoms with E-state index in [0.29, 0.717) is 0 Å². The van der Waals surface area contributed by atoms with Gasteiger partial charge in [-0.05, 0) is 11.6 Å². The van der Waals surface area contributed by atoms with Gasteiger partial charge >= 0.3 is 0 Å². The predicted octanol–water partition coefficient (Wildman–Crippen LogP) is 2.05. The highest BCUT2D eigenvalue weighted by atomic mass is 35.5. The van der Waals surface area contributed by atoms with Gasteiger partial charge in [-0.2, -0.15) is 0 Å². The molecule has 3 N–H and O–H groups in total. The van der Waals surface area contributed by atoms with E-state index in [1.807, 2.05) is 12.1 Å². The first-order valence-electron chi connectivity index (χ1n) is 3.15. The zero-order valence-corrected chi connectivity index (χ0v) is 9.22. The fourth-order valence-electron chi connectivity index (χ4n) is 0.645. The number of thioether (sulfide) groups is 1. The molecule has 0 unspecified atom stereocenters. The van der Waals surface area contributed by atoms with Gasteiger partial charge in [-0.25, -0.2) is 0 Å². The molecule has 0 spiro atoms. The van der Waals surface area contributed by atoms with E-state index in [-0.39, 0.29) is 30.0 Å². The number of pyridine rings is 1. The second-order valence-electron chi connectivity index (χ2n) is 2.01. The Kier molecular flexibility index (Phi) is 9.44. The Bertz CT molecular complexity index is 243. The first kappa shape index (κ1) is 15.0. The average Bonchev–Trinajstić information content (AvgIpc) is 2.03. The van der Waals surface area contributed by atoms with E-state index < -0.39 is 0 Å². The molecule has 0 saturated carbocycles. The van der Waals surface area contributed by atoms with Gasteiger partial charge < -0.3 is 5.73 Å². The van der Waals surface area contributed by atoms with Gasteiger partial charge in [-0.15, -0.1) is 24.8 Å². The Morgan fingerprint density at radius 2 is 2.23 bits per heavy atom. The summed E-state index contributed by atoms with van der Waals surface area (Å²) in [6.45, 7) is 0. The van der Waals surface area contributed by atoms with E-state index >= 15 is 0 Å². The molecule has 0 bridgehead atoms. The van der Waals surface area contributed by atoms with Crippen molar-refractivity contribution in [1.29, 1.82) is 5.41 Å². The molecule has 0 aromatic carbocycles. The van der Waals surface area contributed by atoms with Crippen LogP contribution in [0.15, 0.2) is 24.5 Å². The van der Waals surface area contributed by atoms with Crippen LogP contribution in [0.3, 0.4) is 0 Å². The van der Waals surface area contributed by atoms with Crippen LogP contribution in [0.5, 0.6) is 0 Å². The van der Waals surface area contributed by atoms with Crippen LogP contribution >= 0.6 is 36.6 Å². The maximum absolute atomic E-state index is 6.96. The quantitative estimate of drug-likeness (QED) is 0.614. The zero-order chi connectivity index (χ0) is 8.10. The smallest absolute Gasteiger partial charge is 0.151 e. The first-order valence-corrected chi connectivity index (χ1v) is 4.13. The minimum atomic E-state index is 0. The topological polar surface area (TPSA) is 62.8 Å². The number of amidine groups is 1. The summed E-state index contributed by atoms with van der Waals surface area (Å²) in [6.07, 6.45) is 3.50. The number of hydrogen-bond donors (Lipinski definition) is 2. The Morgan fingerprint density at radius 1 is 1.54 bits per heavy atom. The van der Waals surface area contributed by atoms with Crippen LogP contribution in [0.25, 0.3) is 0 Å². The molecular weight excluding hydrogens is 229 g/mol. The lowest BCUT2D eigenvalue weighted by atomic mass is 10.3. The maximum atomic E-state index is 6.96. The van der Waals surface area contributed by atoms with Gasteiger partial charge in [0.1, 0.15) is 0 Å². The summed E-state index contributed by atoms with van der Waals surface area (Å²) in [4.78, 5) is 3.94. The Morgan fingerprint density at radius 3 is 2.69 bits per heavy atom.